The van der Waals surface area contributed by atoms with Crippen molar-refractivity contribution in [1.29, 1.82) is 0 Å². The first-order chi connectivity index (χ1) is 8.15. The lowest BCUT2D eigenvalue weighted by Gasteiger charge is -2.32. The molecule has 1 fully saturated rings. The predicted molar refractivity (Wildman–Crippen MR) is 68.2 cm³/mol. The summed E-state index contributed by atoms with van der Waals surface area (Å²) in [6, 6.07) is 6.09. The monoisotopic (exact) mass is 233 g/mol. The van der Waals surface area contributed by atoms with Crippen LogP contribution < -0.4 is 4.90 Å². The van der Waals surface area contributed by atoms with Crippen molar-refractivity contribution in [2.24, 2.45) is 0 Å². The van der Waals surface area contributed by atoms with Crippen LogP contribution in [0, 0.1) is 6.92 Å². The minimum atomic E-state index is -0.826. The Morgan fingerprint density at radius 2 is 2.24 bits per heavy atom. The third-order valence-electron chi connectivity index (χ3n) is 3.38. The number of benzene rings is 1. The second-order valence-corrected chi connectivity index (χ2v) is 4.58. The summed E-state index contributed by atoms with van der Waals surface area (Å²) in [5, 5.41) is 9.67. The molecule has 0 radical (unpaired) electrons. The number of amides is 1. The minimum Gasteiger partial charge on any atom is -0.383 e. The molecule has 1 saturated heterocycles. The normalized spacial score (nSPS) is 20.8. The quantitative estimate of drug-likeness (QED) is 0.849. The summed E-state index contributed by atoms with van der Waals surface area (Å²) in [4.78, 5) is 13.8. The number of piperidine rings is 1. The van der Waals surface area contributed by atoms with Crippen LogP contribution in [0.1, 0.15) is 30.9 Å². The third kappa shape index (κ3) is 2.20. The first kappa shape index (κ1) is 12.1. The van der Waals surface area contributed by atoms with Crippen LogP contribution in [0.2, 0.25) is 0 Å². The van der Waals surface area contributed by atoms with Crippen LogP contribution in [0.3, 0.4) is 0 Å². The number of aliphatic hydroxyl groups excluding tert-OH is 1. The van der Waals surface area contributed by atoms with Crippen LogP contribution in [0.15, 0.2) is 18.2 Å². The Hall–Kier alpha value is -1.35. The number of aliphatic hydroxyl groups is 1. The average Bonchev–Trinajstić information content (AvgIpc) is 2.33. The molecule has 1 atom stereocenters. The van der Waals surface area contributed by atoms with Gasteiger partial charge in [-0.05, 0) is 37.3 Å². The van der Waals surface area contributed by atoms with Crippen LogP contribution in [-0.2, 0) is 11.2 Å². The summed E-state index contributed by atoms with van der Waals surface area (Å²) in [6.07, 6.45) is 1.53. The fraction of sp³-hybridized carbons (Fsp3) is 0.500. The Balaban J connectivity index is 2.42. The fourth-order valence-corrected chi connectivity index (χ4v) is 2.47. The number of hydrogen-bond acceptors (Lipinski definition) is 2. The van der Waals surface area contributed by atoms with Crippen LogP contribution in [-0.4, -0.2) is 23.7 Å². The SMILES string of the molecule is CCc1cccc(C)c1N1CCCC(O)C1=O. The van der Waals surface area contributed by atoms with Gasteiger partial charge in [0.1, 0.15) is 6.10 Å². The van der Waals surface area contributed by atoms with E-state index in [4.69, 9.17) is 0 Å². The van der Waals surface area contributed by atoms with Crippen molar-refractivity contribution >= 4 is 11.6 Å². The van der Waals surface area contributed by atoms with Crippen molar-refractivity contribution in [1.82, 2.24) is 0 Å². The lowest BCUT2D eigenvalue weighted by atomic mass is 10.0. The number of nitrogens with zero attached hydrogens (tertiary/aromatic N) is 1. The Morgan fingerprint density at radius 3 is 2.94 bits per heavy atom. The molecule has 1 aromatic rings. The van der Waals surface area contributed by atoms with Crippen molar-refractivity contribution in [3.05, 3.63) is 29.3 Å². The Morgan fingerprint density at radius 1 is 1.47 bits per heavy atom. The molecule has 1 aliphatic heterocycles. The van der Waals surface area contributed by atoms with E-state index >= 15 is 0 Å². The summed E-state index contributed by atoms with van der Waals surface area (Å²) in [5.74, 6) is -0.153. The lowest BCUT2D eigenvalue weighted by molar-refractivity contribution is -0.128. The highest BCUT2D eigenvalue weighted by atomic mass is 16.3. The minimum absolute atomic E-state index is 0.153. The van der Waals surface area contributed by atoms with Gasteiger partial charge in [0, 0.05) is 12.2 Å². The number of aryl methyl sites for hydroxylation is 2. The standard InChI is InChI=1S/C14H19NO2/c1-3-11-7-4-6-10(2)13(11)15-9-5-8-12(16)14(15)17/h4,6-7,12,16H,3,5,8-9H2,1-2H3. The maximum Gasteiger partial charge on any atom is 0.255 e. The zero-order chi connectivity index (χ0) is 12.4. The van der Waals surface area contributed by atoms with Gasteiger partial charge in [0.25, 0.3) is 5.91 Å². The predicted octanol–water partition coefficient (Wildman–Crippen LogP) is 2.05. The van der Waals surface area contributed by atoms with Crippen molar-refractivity contribution in [3.63, 3.8) is 0 Å². The number of rotatable bonds is 2. The van der Waals surface area contributed by atoms with Crippen molar-refractivity contribution in [2.75, 3.05) is 11.4 Å². The van der Waals surface area contributed by atoms with Crippen molar-refractivity contribution in [3.8, 4) is 0 Å². The molecule has 1 unspecified atom stereocenters. The zero-order valence-corrected chi connectivity index (χ0v) is 10.4. The Labute approximate surface area is 102 Å². The van der Waals surface area contributed by atoms with Gasteiger partial charge in [-0.25, -0.2) is 0 Å². The molecule has 2 rings (SSSR count). The van der Waals surface area contributed by atoms with E-state index in [-0.39, 0.29) is 5.91 Å². The highest BCUT2D eigenvalue weighted by molar-refractivity contribution is 5.98. The van der Waals surface area contributed by atoms with E-state index in [0.29, 0.717) is 13.0 Å². The molecule has 0 bridgehead atoms. The molecule has 17 heavy (non-hydrogen) atoms. The van der Waals surface area contributed by atoms with Crippen LogP contribution in [0.5, 0.6) is 0 Å². The first-order valence-electron chi connectivity index (χ1n) is 6.23. The summed E-state index contributed by atoms with van der Waals surface area (Å²) in [5.41, 5.74) is 3.28. The molecule has 1 heterocycles. The second-order valence-electron chi connectivity index (χ2n) is 4.58. The summed E-state index contributed by atoms with van der Waals surface area (Å²) < 4.78 is 0. The molecule has 92 valence electrons. The van der Waals surface area contributed by atoms with E-state index in [1.807, 2.05) is 19.1 Å². The van der Waals surface area contributed by atoms with Gasteiger partial charge < -0.3 is 10.0 Å². The van der Waals surface area contributed by atoms with Gasteiger partial charge in [-0.1, -0.05) is 25.1 Å². The second kappa shape index (κ2) is 4.88. The highest BCUT2D eigenvalue weighted by Crippen LogP contribution is 2.29. The zero-order valence-electron chi connectivity index (χ0n) is 10.4. The van der Waals surface area contributed by atoms with Crippen LogP contribution in [0.25, 0.3) is 0 Å². The number of carbonyl (C=O) groups excluding carboxylic acids is 1. The molecular formula is C14H19NO2. The molecule has 0 aromatic heterocycles. The molecule has 3 nitrogen and oxygen atoms in total. The smallest absolute Gasteiger partial charge is 0.255 e. The van der Waals surface area contributed by atoms with Gasteiger partial charge in [-0.2, -0.15) is 0 Å². The number of para-hydroxylation sites is 1. The maximum absolute atomic E-state index is 12.0. The van der Waals surface area contributed by atoms with Crippen molar-refractivity contribution < 1.29 is 9.90 Å². The maximum atomic E-state index is 12.0. The molecule has 1 amide bonds. The molecule has 1 N–H and O–H groups in total. The summed E-state index contributed by atoms with van der Waals surface area (Å²) >= 11 is 0. The van der Waals surface area contributed by atoms with Crippen LogP contribution in [0.4, 0.5) is 5.69 Å². The topological polar surface area (TPSA) is 40.5 Å². The first-order valence-corrected chi connectivity index (χ1v) is 6.23. The average molecular weight is 233 g/mol. The molecule has 0 aliphatic carbocycles. The van der Waals surface area contributed by atoms with E-state index in [9.17, 15) is 9.90 Å². The van der Waals surface area contributed by atoms with Gasteiger partial charge in [0.2, 0.25) is 0 Å². The van der Waals surface area contributed by atoms with E-state index in [1.165, 1.54) is 5.56 Å². The molecule has 3 heteroatoms. The molecular weight excluding hydrogens is 214 g/mol. The van der Waals surface area contributed by atoms with Crippen LogP contribution >= 0.6 is 0 Å². The van der Waals surface area contributed by atoms with Gasteiger partial charge in [-0.15, -0.1) is 0 Å². The molecule has 1 aromatic carbocycles. The van der Waals surface area contributed by atoms with Gasteiger partial charge in [-0.3, -0.25) is 4.79 Å². The van der Waals surface area contributed by atoms with Gasteiger partial charge in [0.15, 0.2) is 0 Å². The molecule has 0 saturated carbocycles. The number of carbonyl (C=O) groups is 1. The third-order valence-corrected chi connectivity index (χ3v) is 3.38. The van der Waals surface area contributed by atoms with E-state index < -0.39 is 6.10 Å². The van der Waals surface area contributed by atoms with E-state index in [0.717, 1.165) is 24.1 Å². The van der Waals surface area contributed by atoms with Gasteiger partial charge in [0.05, 0.1) is 0 Å². The van der Waals surface area contributed by atoms with Gasteiger partial charge >= 0.3 is 0 Å². The number of anilines is 1. The Bertz CT molecular complexity index is 428. The van der Waals surface area contributed by atoms with E-state index in [2.05, 4.69) is 13.0 Å². The van der Waals surface area contributed by atoms with Crippen molar-refractivity contribution in [2.45, 2.75) is 39.2 Å². The lowest BCUT2D eigenvalue weighted by Crippen LogP contribution is -2.45. The molecule has 0 spiro atoms. The Kier molecular flexibility index (Phi) is 3.48. The molecule has 1 aliphatic rings. The highest BCUT2D eigenvalue weighted by Gasteiger charge is 2.29. The fourth-order valence-electron chi connectivity index (χ4n) is 2.47. The number of hydrogen-bond donors (Lipinski definition) is 1. The van der Waals surface area contributed by atoms with E-state index in [1.54, 1.807) is 4.90 Å². The summed E-state index contributed by atoms with van der Waals surface area (Å²) in [6.45, 7) is 4.82. The summed E-state index contributed by atoms with van der Waals surface area (Å²) in [7, 11) is 0. The largest absolute Gasteiger partial charge is 0.383 e.